The monoisotopic (exact) mass is 383 g/mol. The summed E-state index contributed by atoms with van der Waals surface area (Å²) in [5.41, 5.74) is 0.994. The molecule has 0 fully saturated rings. The van der Waals surface area contributed by atoms with Crippen LogP contribution in [0.4, 0.5) is 0 Å². The number of hydrogen-bond donors (Lipinski definition) is 1. The molecule has 0 aliphatic carbocycles. The van der Waals surface area contributed by atoms with Crippen molar-refractivity contribution in [3.63, 3.8) is 0 Å². The average Bonchev–Trinajstić information content (AvgIpc) is 2.72. The highest BCUT2D eigenvalue weighted by Gasteiger charge is 2.13. The lowest BCUT2D eigenvalue weighted by Crippen LogP contribution is -2.26. The topological polar surface area (TPSA) is 87.0 Å². The van der Waals surface area contributed by atoms with Crippen molar-refractivity contribution in [3.8, 4) is 17.2 Å². The summed E-state index contributed by atoms with van der Waals surface area (Å²) in [7, 11) is 4.66. The first-order valence-electron chi connectivity index (χ1n) is 8.66. The number of benzene rings is 2. The van der Waals surface area contributed by atoms with Crippen LogP contribution in [0.15, 0.2) is 51.7 Å². The van der Waals surface area contributed by atoms with Crippen LogP contribution in [-0.4, -0.2) is 33.8 Å². The Labute approximate surface area is 161 Å². The molecule has 3 rings (SSSR count). The summed E-state index contributed by atoms with van der Waals surface area (Å²) in [5, 5.41) is 3.15. The van der Waals surface area contributed by atoms with Crippen molar-refractivity contribution < 1.29 is 23.4 Å². The Bertz CT molecular complexity index is 1060. The molecule has 2 aromatic carbocycles. The largest absolute Gasteiger partial charge is 0.497 e. The summed E-state index contributed by atoms with van der Waals surface area (Å²) in [4.78, 5) is 24.6. The van der Waals surface area contributed by atoms with Gasteiger partial charge in [-0.3, -0.25) is 9.59 Å². The van der Waals surface area contributed by atoms with Gasteiger partial charge in [0, 0.05) is 18.7 Å². The number of methoxy groups -OCH3 is 3. The molecule has 0 saturated carbocycles. The Morgan fingerprint density at radius 3 is 2.46 bits per heavy atom. The van der Waals surface area contributed by atoms with E-state index in [2.05, 4.69) is 5.32 Å². The van der Waals surface area contributed by atoms with E-state index in [1.165, 1.54) is 13.2 Å². The lowest BCUT2D eigenvalue weighted by Gasteiger charge is -2.10. The number of nitrogens with one attached hydrogen (secondary N) is 1. The molecule has 1 aromatic heterocycles. The van der Waals surface area contributed by atoms with Gasteiger partial charge in [-0.05, 0) is 36.2 Å². The molecule has 0 radical (unpaired) electrons. The van der Waals surface area contributed by atoms with Crippen LogP contribution in [0.5, 0.6) is 17.2 Å². The minimum atomic E-state index is -0.456. The molecule has 7 heteroatoms. The number of fused-ring (bicyclic) bond motifs is 1. The molecule has 1 N–H and O–H groups in total. The van der Waals surface area contributed by atoms with Crippen molar-refractivity contribution in [2.24, 2.45) is 0 Å². The molecule has 1 amide bonds. The van der Waals surface area contributed by atoms with Crippen molar-refractivity contribution in [3.05, 3.63) is 64.0 Å². The fourth-order valence-corrected chi connectivity index (χ4v) is 2.82. The first-order valence-corrected chi connectivity index (χ1v) is 8.66. The zero-order valence-electron chi connectivity index (χ0n) is 15.9. The number of amides is 1. The van der Waals surface area contributed by atoms with Gasteiger partial charge in [-0.25, -0.2) is 0 Å². The number of hydrogen-bond acceptors (Lipinski definition) is 6. The van der Waals surface area contributed by atoms with E-state index in [1.54, 1.807) is 32.4 Å². The molecule has 146 valence electrons. The molecule has 0 aliphatic heterocycles. The maximum atomic E-state index is 12.4. The molecular weight excluding hydrogens is 362 g/mol. The van der Waals surface area contributed by atoms with E-state index in [1.807, 2.05) is 18.2 Å². The van der Waals surface area contributed by atoms with Gasteiger partial charge >= 0.3 is 0 Å². The Morgan fingerprint density at radius 2 is 1.75 bits per heavy atom. The molecule has 1 heterocycles. The van der Waals surface area contributed by atoms with Gasteiger partial charge in [0.1, 0.15) is 11.3 Å². The molecule has 0 unspecified atom stereocenters. The Kier molecular flexibility index (Phi) is 5.84. The second kappa shape index (κ2) is 8.47. The zero-order chi connectivity index (χ0) is 20.1. The third-order valence-electron chi connectivity index (χ3n) is 4.31. The summed E-state index contributed by atoms with van der Waals surface area (Å²) in [6, 6.07) is 11.6. The lowest BCUT2D eigenvalue weighted by atomic mass is 10.1. The van der Waals surface area contributed by atoms with Crippen molar-refractivity contribution in [1.82, 2.24) is 5.32 Å². The number of rotatable bonds is 7. The Morgan fingerprint density at radius 1 is 0.964 bits per heavy atom. The van der Waals surface area contributed by atoms with Crippen LogP contribution in [0.25, 0.3) is 11.0 Å². The molecule has 7 nitrogen and oxygen atoms in total. The van der Waals surface area contributed by atoms with Crippen LogP contribution in [0.3, 0.4) is 0 Å². The third kappa shape index (κ3) is 4.09. The second-order valence-electron chi connectivity index (χ2n) is 6.03. The smallest absolute Gasteiger partial charge is 0.287 e. The van der Waals surface area contributed by atoms with E-state index in [0.29, 0.717) is 41.2 Å². The van der Waals surface area contributed by atoms with E-state index in [4.69, 9.17) is 18.6 Å². The number of carbonyl (C=O) groups is 1. The summed E-state index contributed by atoms with van der Waals surface area (Å²) in [6.45, 7) is 0.369. The second-order valence-corrected chi connectivity index (χ2v) is 6.03. The van der Waals surface area contributed by atoms with Crippen LogP contribution in [-0.2, 0) is 6.42 Å². The van der Waals surface area contributed by atoms with Crippen LogP contribution in [0, 0.1) is 0 Å². The number of ether oxygens (including phenoxy) is 3. The highest BCUT2D eigenvalue weighted by molar-refractivity contribution is 5.93. The molecule has 0 spiro atoms. The molecule has 0 aliphatic rings. The van der Waals surface area contributed by atoms with Crippen molar-refractivity contribution in [1.29, 1.82) is 0 Å². The quantitative estimate of drug-likeness (QED) is 0.675. The molecule has 0 saturated heterocycles. The number of carbonyl (C=O) groups excluding carboxylic acids is 1. The van der Waals surface area contributed by atoms with Gasteiger partial charge in [-0.1, -0.05) is 6.07 Å². The van der Waals surface area contributed by atoms with Gasteiger partial charge in [0.15, 0.2) is 22.7 Å². The van der Waals surface area contributed by atoms with Crippen LogP contribution >= 0.6 is 0 Å². The highest BCUT2D eigenvalue weighted by Crippen LogP contribution is 2.27. The Balaban J connectivity index is 1.70. The van der Waals surface area contributed by atoms with Gasteiger partial charge < -0.3 is 23.9 Å². The van der Waals surface area contributed by atoms with Gasteiger partial charge in [0.25, 0.3) is 5.91 Å². The van der Waals surface area contributed by atoms with Crippen LogP contribution in [0.2, 0.25) is 0 Å². The first-order chi connectivity index (χ1) is 13.5. The SMILES string of the molecule is COc1ccc2c(=O)cc(C(=O)NCCc3ccc(OC)c(OC)c3)oc2c1. The normalized spacial score (nSPS) is 10.5. The maximum absolute atomic E-state index is 12.4. The van der Waals surface area contributed by atoms with Crippen molar-refractivity contribution >= 4 is 16.9 Å². The van der Waals surface area contributed by atoms with E-state index < -0.39 is 5.91 Å². The first kappa shape index (κ1) is 19.3. The van der Waals surface area contributed by atoms with E-state index in [-0.39, 0.29) is 11.2 Å². The van der Waals surface area contributed by atoms with Gasteiger partial charge in [-0.2, -0.15) is 0 Å². The summed E-state index contributed by atoms with van der Waals surface area (Å²) < 4.78 is 21.2. The average molecular weight is 383 g/mol. The van der Waals surface area contributed by atoms with E-state index in [9.17, 15) is 9.59 Å². The fraction of sp³-hybridized carbons (Fsp3) is 0.238. The fourth-order valence-electron chi connectivity index (χ4n) is 2.82. The Hall–Kier alpha value is -3.48. The summed E-state index contributed by atoms with van der Waals surface area (Å²) in [6.07, 6.45) is 0.581. The molecule has 0 atom stereocenters. The maximum Gasteiger partial charge on any atom is 0.287 e. The summed E-state index contributed by atoms with van der Waals surface area (Å²) >= 11 is 0. The predicted octanol–water partition coefficient (Wildman–Crippen LogP) is 2.79. The minimum Gasteiger partial charge on any atom is -0.497 e. The zero-order valence-corrected chi connectivity index (χ0v) is 15.9. The molecule has 28 heavy (non-hydrogen) atoms. The van der Waals surface area contributed by atoms with E-state index >= 15 is 0 Å². The lowest BCUT2D eigenvalue weighted by molar-refractivity contribution is 0.0927. The van der Waals surface area contributed by atoms with Gasteiger partial charge in [-0.15, -0.1) is 0 Å². The standard InChI is InChI=1S/C21H21NO6/c1-25-14-5-6-15-16(23)12-20(28-18(15)11-14)21(24)22-9-8-13-4-7-17(26-2)19(10-13)27-3/h4-7,10-12H,8-9H2,1-3H3,(H,22,24). The molecule has 0 bridgehead atoms. The highest BCUT2D eigenvalue weighted by atomic mass is 16.5. The predicted molar refractivity (Wildman–Crippen MR) is 105 cm³/mol. The third-order valence-corrected chi connectivity index (χ3v) is 4.31. The summed E-state index contributed by atoms with van der Waals surface area (Å²) in [5.74, 6) is 1.31. The molecule has 3 aromatic rings. The van der Waals surface area contributed by atoms with Gasteiger partial charge in [0.05, 0.1) is 26.7 Å². The minimum absolute atomic E-state index is 0.0435. The van der Waals surface area contributed by atoms with Crippen molar-refractivity contribution in [2.75, 3.05) is 27.9 Å². The molecular formula is C21H21NO6. The van der Waals surface area contributed by atoms with Crippen LogP contribution in [0.1, 0.15) is 16.1 Å². The van der Waals surface area contributed by atoms with Crippen molar-refractivity contribution in [2.45, 2.75) is 6.42 Å². The van der Waals surface area contributed by atoms with Crippen LogP contribution < -0.4 is 25.0 Å². The van der Waals surface area contributed by atoms with Gasteiger partial charge in [0.2, 0.25) is 0 Å². The van der Waals surface area contributed by atoms with E-state index in [0.717, 1.165) is 5.56 Å².